The molecule has 1 aromatic heterocycles. The van der Waals surface area contributed by atoms with Crippen molar-refractivity contribution in [2.75, 3.05) is 0 Å². The molecule has 0 aliphatic carbocycles. The second-order valence-corrected chi connectivity index (χ2v) is 5.39. The van der Waals surface area contributed by atoms with Gasteiger partial charge in [-0.2, -0.15) is 0 Å². The van der Waals surface area contributed by atoms with Crippen molar-refractivity contribution >= 4 is 5.70 Å². The lowest BCUT2D eigenvalue weighted by molar-refractivity contribution is 0.659. The number of allylic oxidation sites excluding steroid dienone is 2. The lowest BCUT2D eigenvalue weighted by Crippen LogP contribution is -2.03. The van der Waals surface area contributed by atoms with Crippen LogP contribution in [0.4, 0.5) is 0 Å². The summed E-state index contributed by atoms with van der Waals surface area (Å²) in [5.41, 5.74) is 1.22. The zero-order chi connectivity index (χ0) is 14.6. The Morgan fingerprint density at radius 3 is 2.50 bits per heavy atom. The quantitative estimate of drug-likeness (QED) is 0.554. The third kappa shape index (κ3) is 6.31. The molecule has 0 aliphatic rings. The normalized spacial score (nSPS) is 12.1. The number of hydrogen-bond acceptors (Lipinski definition) is 3. The highest BCUT2D eigenvalue weighted by molar-refractivity contribution is 5.41. The average molecular weight is 278 g/mol. The van der Waals surface area contributed by atoms with Crippen LogP contribution in [0.2, 0.25) is 0 Å². The van der Waals surface area contributed by atoms with E-state index in [-0.39, 0.29) is 0 Å². The number of aryl methyl sites for hydroxylation is 1. The highest BCUT2D eigenvalue weighted by atomic mass is 15.6. The molecular formula is C16H30N4. The van der Waals surface area contributed by atoms with Gasteiger partial charge in [-0.05, 0) is 37.3 Å². The van der Waals surface area contributed by atoms with Gasteiger partial charge in [-0.15, -0.1) is 15.0 Å². The molecule has 0 fully saturated rings. The van der Waals surface area contributed by atoms with E-state index in [2.05, 4.69) is 42.3 Å². The first-order valence-corrected chi connectivity index (χ1v) is 8.30. The van der Waals surface area contributed by atoms with Crippen molar-refractivity contribution in [3.05, 3.63) is 11.9 Å². The van der Waals surface area contributed by atoms with Gasteiger partial charge in [-0.3, -0.25) is 0 Å². The van der Waals surface area contributed by atoms with E-state index in [9.17, 15) is 0 Å². The van der Waals surface area contributed by atoms with Crippen molar-refractivity contribution in [3.63, 3.8) is 0 Å². The molecule has 1 aromatic rings. The zero-order valence-corrected chi connectivity index (χ0v) is 13.4. The Labute approximate surface area is 123 Å². The topological polar surface area (TPSA) is 43.6 Å². The van der Waals surface area contributed by atoms with Crippen LogP contribution in [0.5, 0.6) is 0 Å². The molecule has 20 heavy (non-hydrogen) atoms. The number of nitrogens with zero attached hydrogens (tertiary/aromatic N) is 4. The van der Waals surface area contributed by atoms with Gasteiger partial charge in [-0.1, -0.05) is 52.5 Å². The van der Waals surface area contributed by atoms with Crippen LogP contribution >= 0.6 is 0 Å². The molecule has 0 N–H and O–H groups in total. The highest BCUT2D eigenvalue weighted by Gasteiger charge is 2.06. The molecule has 114 valence electrons. The third-order valence-corrected chi connectivity index (χ3v) is 3.41. The molecule has 0 spiro atoms. The Morgan fingerprint density at radius 2 is 1.80 bits per heavy atom. The van der Waals surface area contributed by atoms with Crippen LogP contribution in [0.3, 0.4) is 0 Å². The molecule has 0 amide bonds. The molecule has 1 heterocycles. The Kier molecular flexibility index (Phi) is 8.92. The lowest BCUT2D eigenvalue weighted by atomic mass is 10.1. The average Bonchev–Trinajstić information content (AvgIpc) is 2.91. The number of tetrazole rings is 1. The van der Waals surface area contributed by atoms with E-state index >= 15 is 0 Å². The molecule has 0 radical (unpaired) electrons. The smallest absolute Gasteiger partial charge is 0.135 e. The molecule has 0 saturated carbocycles. The predicted octanol–water partition coefficient (Wildman–Crippen LogP) is 4.63. The Bertz CT molecular complexity index is 382. The maximum absolute atomic E-state index is 4.49. The van der Waals surface area contributed by atoms with Crippen LogP contribution in [0.15, 0.2) is 6.08 Å². The van der Waals surface area contributed by atoms with Gasteiger partial charge in [0.25, 0.3) is 0 Å². The monoisotopic (exact) mass is 278 g/mol. The van der Waals surface area contributed by atoms with E-state index in [1.807, 2.05) is 0 Å². The van der Waals surface area contributed by atoms with Gasteiger partial charge in [-0.25, -0.2) is 0 Å². The molecule has 0 saturated heterocycles. The van der Waals surface area contributed by atoms with Crippen LogP contribution in [0.1, 0.15) is 84.4 Å². The number of unbranched alkanes of at least 4 members (excludes halogenated alkanes) is 5. The fourth-order valence-electron chi connectivity index (χ4n) is 2.17. The predicted molar refractivity (Wildman–Crippen MR) is 84.4 cm³/mol. The van der Waals surface area contributed by atoms with Crippen molar-refractivity contribution in [3.8, 4) is 0 Å². The summed E-state index contributed by atoms with van der Waals surface area (Å²) >= 11 is 0. The van der Waals surface area contributed by atoms with E-state index in [0.717, 1.165) is 31.5 Å². The van der Waals surface area contributed by atoms with Gasteiger partial charge in [0.05, 0.1) is 5.70 Å². The van der Waals surface area contributed by atoms with Gasteiger partial charge in [0, 0.05) is 6.42 Å². The Morgan fingerprint density at radius 1 is 1.00 bits per heavy atom. The van der Waals surface area contributed by atoms with E-state index in [1.54, 1.807) is 4.80 Å². The summed E-state index contributed by atoms with van der Waals surface area (Å²) in [7, 11) is 0. The molecule has 0 aliphatic heterocycles. The van der Waals surface area contributed by atoms with Crippen LogP contribution in [0.25, 0.3) is 5.70 Å². The first kappa shape index (κ1) is 16.9. The first-order chi connectivity index (χ1) is 9.81. The highest BCUT2D eigenvalue weighted by Crippen LogP contribution is 2.14. The molecule has 0 unspecified atom stereocenters. The second kappa shape index (κ2) is 10.6. The summed E-state index contributed by atoms with van der Waals surface area (Å²) in [6.07, 6.45) is 14.1. The van der Waals surface area contributed by atoms with Crippen LogP contribution in [0, 0.1) is 0 Å². The lowest BCUT2D eigenvalue weighted by Gasteiger charge is -2.05. The minimum absolute atomic E-state index is 0.862. The largest absolute Gasteiger partial charge is 0.175 e. The molecule has 4 nitrogen and oxygen atoms in total. The number of aromatic nitrogens is 4. The fraction of sp³-hybridized carbons (Fsp3) is 0.812. The number of rotatable bonds is 11. The van der Waals surface area contributed by atoms with Gasteiger partial charge in [0.2, 0.25) is 0 Å². The van der Waals surface area contributed by atoms with Gasteiger partial charge in [0.15, 0.2) is 5.82 Å². The van der Waals surface area contributed by atoms with E-state index in [0.29, 0.717) is 0 Å². The summed E-state index contributed by atoms with van der Waals surface area (Å²) in [5.74, 6) is 0.862. The molecular weight excluding hydrogens is 248 g/mol. The first-order valence-electron chi connectivity index (χ1n) is 8.30. The minimum Gasteiger partial charge on any atom is -0.135 e. The van der Waals surface area contributed by atoms with Crippen molar-refractivity contribution < 1.29 is 0 Å². The minimum atomic E-state index is 0.862. The molecule has 4 heteroatoms. The SMILES string of the molecule is CCCCCC/C=C(\CCCC)n1nnc(CCC)n1. The van der Waals surface area contributed by atoms with Crippen LogP contribution in [-0.4, -0.2) is 20.2 Å². The van der Waals surface area contributed by atoms with Gasteiger partial charge < -0.3 is 0 Å². The standard InChI is InChI=1S/C16H30N4/c1-4-7-9-10-11-14-15(13-8-5-2)20-18-16(12-6-3)17-19-20/h14H,4-13H2,1-3H3/b15-14+. The van der Waals surface area contributed by atoms with Gasteiger partial charge >= 0.3 is 0 Å². The van der Waals surface area contributed by atoms with E-state index in [4.69, 9.17) is 0 Å². The maximum Gasteiger partial charge on any atom is 0.175 e. The zero-order valence-electron chi connectivity index (χ0n) is 13.4. The molecule has 0 aromatic carbocycles. The van der Waals surface area contributed by atoms with Crippen LogP contribution in [-0.2, 0) is 6.42 Å². The van der Waals surface area contributed by atoms with Crippen molar-refractivity contribution in [2.45, 2.75) is 85.0 Å². The van der Waals surface area contributed by atoms with Crippen molar-refractivity contribution in [1.29, 1.82) is 0 Å². The summed E-state index contributed by atoms with van der Waals surface area (Å²) < 4.78 is 0. The van der Waals surface area contributed by atoms with Crippen molar-refractivity contribution in [1.82, 2.24) is 20.2 Å². The third-order valence-electron chi connectivity index (χ3n) is 3.41. The summed E-state index contributed by atoms with van der Waals surface area (Å²) in [6.45, 7) is 6.61. The Balaban J connectivity index is 2.59. The van der Waals surface area contributed by atoms with Crippen LogP contribution < -0.4 is 0 Å². The second-order valence-electron chi connectivity index (χ2n) is 5.39. The molecule has 1 rings (SSSR count). The summed E-state index contributed by atoms with van der Waals surface area (Å²) in [6, 6.07) is 0. The maximum atomic E-state index is 4.49. The molecule has 0 bridgehead atoms. The van der Waals surface area contributed by atoms with E-state index < -0.39 is 0 Å². The van der Waals surface area contributed by atoms with E-state index in [1.165, 1.54) is 44.2 Å². The summed E-state index contributed by atoms with van der Waals surface area (Å²) in [4.78, 5) is 1.75. The van der Waals surface area contributed by atoms with Gasteiger partial charge in [0.1, 0.15) is 0 Å². The number of hydrogen-bond donors (Lipinski definition) is 0. The molecule has 0 atom stereocenters. The fourth-order valence-corrected chi connectivity index (χ4v) is 2.17. The van der Waals surface area contributed by atoms with Crippen molar-refractivity contribution in [2.24, 2.45) is 0 Å². The Hall–Kier alpha value is -1.19. The summed E-state index contributed by atoms with van der Waals surface area (Å²) in [5, 5.41) is 12.8.